The van der Waals surface area contributed by atoms with Crippen LogP contribution in [-0.2, 0) is 24.2 Å². The second-order valence-electron chi connectivity index (χ2n) is 8.48. The molecule has 1 N–H and O–H groups in total. The number of fused-ring (bicyclic) bond motifs is 3. The molecule has 6 nitrogen and oxygen atoms in total. The van der Waals surface area contributed by atoms with Gasteiger partial charge in [-0.15, -0.1) is 11.3 Å². The first-order chi connectivity index (χ1) is 15.2. The minimum absolute atomic E-state index is 0.0848. The van der Waals surface area contributed by atoms with Crippen molar-refractivity contribution < 1.29 is 9.53 Å². The minimum Gasteiger partial charge on any atom is -0.438 e. The summed E-state index contributed by atoms with van der Waals surface area (Å²) in [5.74, 6) is 2.15. The van der Waals surface area contributed by atoms with E-state index in [4.69, 9.17) is 14.7 Å². The maximum Gasteiger partial charge on any atom is 0.231 e. The first-order valence-corrected chi connectivity index (χ1v) is 12.1. The van der Waals surface area contributed by atoms with Gasteiger partial charge in [0.2, 0.25) is 11.8 Å². The lowest BCUT2D eigenvalue weighted by atomic mass is 9.97. The number of hydrogen-bond donors (Lipinski definition) is 1. The number of nitrogens with one attached hydrogen (secondary N) is 1. The number of carbonyl (C=O) groups is 1. The highest BCUT2D eigenvalue weighted by atomic mass is 32.1. The zero-order chi connectivity index (χ0) is 21.2. The van der Waals surface area contributed by atoms with Crippen molar-refractivity contribution in [3.05, 3.63) is 40.5 Å². The molecule has 1 aromatic carbocycles. The zero-order valence-corrected chi connectivity index (χ0v) is 18.8. The van der Waals surface area contributed by atoms with Crippen LogP contribution in [0.2, 0.25) is 0 Å². The van der Waals surface area contributed by atoms with Crippen molar-refractivity contribution in [2.75, 3.05) is 18.4 Å². The highest BCUT2D eigenvalue weighted by Crippen LogP contribution is 2.41. The SMILES string of the molecule is CC(=O)Nc1ccc(Oc2nc(CN3CCCCC3)nc3sc4c(c23)CCCC4)cc1. The second kappa shape index (κ2) is 8.93. The van der Waals surface area contributed by atoms with E-state index in [1.165, 1.54) is 49.5 Å². The standard InChI is InChI=1S/C24H28N4O2S/c1-16(29)25-17-9-11-18(12-10-17)30-23-22-19-7-3-4-8-20(19)31-24(22)27-21(26-23)15-28-13-5-2-6-14-28/h9-12H,2-8,13-15H2,1H3,(H,25,29). The molecule has 162 valence electrons. The summed E-state index contributed by atoms with van der Waals surface area (Å²) in [4.78, 5) is 26.1. The molecule has 0 saturated carbocycles. The van der Waals surface area contributed by atoms with Gasteiger partial charge < -0.3 is 10.1 Å². The molecule has 0 unspecified atom stereocenters. The summed E-state index contributed by atoms with van der Waals surface area (Å²) in [7, 11) is 0. The molecular formula is C24H28N4O2S. The third kappa shape index (κ3) is 4.57. The number of likely N-dealkylation sites (tertiary alicyclic amines) is 1. The quantitative estimate of drug-likeness (QED) is 0.587. The molecule has 3 heterocycles. The summed E-state index contributed by atoms with van der Waals surface area (Å²) in [6.07, 6.45) is 8.47. The monoisotopic (exact) mass is 436 g/mol. The van der Waals surface area contributed by atoms with Crippen LogP contribution < -0.4 is 10.1 Å². The van der Waals surface area contributed by atoms with Crippen LogP contribution in [0.25, 0.3) is 10.2 Å². The molecule has 3 aromatic rings. The molecule has 1 amide bonds. The predicted molar refractivity (Wildman–Crippen MR) is 124 cm³/mol. The highest BCUT2D eigenvalue weighted by molar-refractivity contribution is 7.18. The van der Waals surface area contributed by atoms with Gasteiger partial charge >= 0.3 is 0 Å². The zero-order valence-electron chi connectivity index (χ0n) is 17.9. The number of nitrogens with zero attached hydrogens (tertiary/aromatic N) is 3. The highest BCUT2D eigenvalue weighted by Gasteiger charge is 2.23. The lowest BCUT2D eigenvalue weighted by Gasteiger charge is -2.25. The summed E-state index contributed by atoms with van der Waals surface area (Å²) in [5.41, 5.74) is 2.13. The van der Waals surface area contributed by atoms with E-state index in [0.717, 1.165) is 54.2 Å². The normalized spacial score (nSPS) is 16.8. The van der Waals surface area contributed by atoms with Gasteiger partial charge in [0.05, 0.1) is 11.9 Å². The first-order valence-electron chi connectivity index (χ1n) is 11.2. The van der Waals surface area contributed by atoms with Crippen molar-refractivity contribution >= 4 is 33.1 Å². The maximum absolute atomic E-state index is 11.3. The number of rotatable bonds is 5. The van der Waals surface area contributed by atoms with Gasteiger partial charge in [0.25, 0.3) is 0 Å². The predicted octanol–water partition coefficient (Wildman–Crippen LogP) is 5.31. The van der Waals surface area contributed by atoms with Gasteiger partial charge in [-0.25, -0.2) is 4.98 Å². The maximum atomic E-state index is 11.3. The topological polar surface area (TPSA) is 67.3 Å². The van der Waals surface area contributed by atoms with Gasteiger partial charge in [0.15, 0.2) is 0 Å². The van der Waals surface area contributed by atoms with E-state index in [-0.39, 0.29) is 5.91 Å². The average molecular weight is 437 g/mol. The third-order valence-electron chi connectivity index (χ3n) is 6.03. The molecule has 31 heavy (non-hydrogen) atoms. The smallest absolute Gasteiger partial charge is 0.231 e. The van der Waals surface area contributed by atoms with Crippen LogP contribution in [0.1, 0.15) is 55.3 Å². The van der Waals surface area contributed by atoms with Crippen molar-refractivity contribution in [3.8, 4) is 11.6 Å². The van der Waals surface area contributed by atoms with Gasteiger partial charge in [-0.2, -0.15) is 4.98 Å². The van der Waals surface area contributed by atoms with Crippen molar-refractivity contribution in [1.29, 1.82) is 0 Å². The number of piperidine rings is 1. The molecule has 5 rings (SSSR count). The fraction of sp³-hybridized carbons (Fsp3) is 0.458. The van der Waals surface area contributed by atoms with Crippen LogP contribution in [0, 0.1) is 0 Å². The minimum atomic E-state index is -0.0848. The first kappa shape index (κ1) is 20.4. The van der Waals surface area contributed by atoms with E-state index in [1.807, 2.05) is 35.6 Å². The van der Waals surface area contributed by atoms with Crippen molar-refractivity contribution in [2.45, 2.75) is 58.4 Å². The fourth-order valence-corrected chi connectivity index (χ4v) is 5.82. The summed E-state index contributed by atoms with van der Waals surface area (Å²) in [5, 5.41) is 3.88. The summed E-state index contributed by atoms with van der Waals surface area (Å²) in [6.45, 7) is 4.51. The molecule has 1 aliphatic heterocycles. The molecule has 2 aromatic heterocycles. The number of amides is 1. The molecule has 1 saturated heterocycles. The largest absolute Gasteiger partial charge is 0.438 e. The number of carbonyl (C=O) groups excluding carboxylic acids is 1. The molecule has 0 radical (unpaired) electrons. The molecular weight excluding hydrogens is 408 g/mol. The third-order valence-corrected chi connectivity index (χ3v) is 7.22. The lowest BCUT2D eigenvalue weighted by molar-refractivity contribution is -0.114. The molecule has 1 aliphatic carbocycles. The van der Waals surface area contributed by atoms with E-state index >= 15 is 0 Å². The van der Waals surface area contributed by atoms with E-state index in [2.05, 4.69) is 10.2 Å². The lowest BCUT2D eigenvalue weighted by Crippen LogP contribution is -2.29. The van der Waals surface area contributed by atoms with Crippen LogP contribution in [0.3, 0.4) is 0 Å². The van der Waals surface area contributed by atoms with Gasteiger partial charge in [-0.1, -0.05) is 6.42 Å². The molecule has 0 spiro atoms. The van der Waals surface area contributed by atoms with Crippen molar-refractivity contribution in [2.24, 2.45) is 0 Å². The summed E-state index contributed by atoms with van der Waals surface area (Å²) >= 11 is 1.81. The average Bonchev–Trinajstić information content (AvgIpc) is 3.14. The molecule has 0 atom stereocenters. The van der Waals surface area contributed by atoms with Crippen LogP contribution >= 0.6 is 11.3 Å². The number of anilines is 1. The number of ether oxygens (including phenoxy) is 1. The number of aromatic nitrogens is 2. The Balaban J connectivity index is 1.49. The number of benzene rings is 1. The number of thiophene rings is 1. The number of hydrogen-bond acceptors (Lipinski definition) is 6. The van der Waals surface area contributed by atoms with Crippen LogP contribution in [-0.4, -0.2) is 33.9 Å². The number of aryl methyl sites for hydroxylation is 2. The Labute approximate surface area is 186 Å². The Bertz CT molecular complexity index is 1090. The Morgan fingerprint density at radius 1 is 1.06 bits per heavy atom. The molecule has 7 heteroatoms. The Hall–Kier alpha value is -2.51. The molecule has 2 aliphatic rings. The Kier molecular flexibility index (Phi) is 5.87. The Morgan fingerprint density at radius 2 is 1.84 bits per heavy atom. The Morgan fingerprint density at radius 3 is 2.61 bits per heavy atom. The van der Waals surface area contributed by atoms with E-state index in [9.17, 15) is 4.79 Å². The van der Waals surface area contributed by atoms with Crippen LogP contribution in [0.15, 0.2) is 24.3 Å². The van der Waals surface area contributed by atoms with E-state index in [0.29, 0.717) is 11.6 Å². The van der Waals surface area contributed by atoms with Crippen molar-refractivity contribution in [3.63, 3.8) is 0 Å². The van der Waals surface area contributed by atoms with Gasteiger partial charge in [-0.05, 0) is 81.4 Å². The van der Waals surface area contributed by atoms with E-state index in [1.54, 1.807) is 0 Å². The second-order valence-corrected chi connectivity index (χ2v) is 9.56. The van der Waals surface area contributed by atoms with E-state index < -0.39 is 0 Å². The molecule has 1 fully saturated rings. The van der Waals surface area contributed by atoms with Gasteiger partial charge in [-0.3, -0.25) is 9.69 Å². The summed E-state index contributed by atoms with van der Waals surface area (Å²) < 4.78 is 6.33. The van der Waals surface area contributed by atoms with Crippen molar-refractivity contribution in [1.82, 2.24) is 14.9 Å². The van der Waals surface area contributed by atoms with Gasteiger partial charge in [0, 0.05) is 17.5 Å². The van der Waals surface area contributed by atoms with Gasteiger partial charge in [0.1, 0.15) is 16.4 Å². The van der Waals surface area contributed by atoms with Crippen LogP contribution in [0.5, 0.6) is 11.6 Å². The van der Waals surface area contributed by atoms with Crippen LogP contribution in [0.4, 0.5) is 5.69 Å². The fourth-order valence-electron chi connectivity index (χ4n) is 4.55. The molecule has 0 bridgehead atoms. The summed E-state index contributed by atoms with van der Waals surface area (Å²) in [6, 6.07) is 7.46.